The predicted molar refractivity (Wildman–Crippen MR) is 276 cm³/mol. The van der Waals surface area contributed by atoms with Gasteiger partial charge in [-0.05, 0) is 74.7 Å². The monoisotopic (exact) mass is 850 g/mol. The lowest BCUT2D eigenvalue weighted by molar-refractivity contribution is -0.556. The first-order valence-corrected chi connectivity index (χ1v) is 23.2. The first kappa shape index (κ1) is 41.0. The molecule has 6 heteroatoms. The molecule has 0 radical (unpaired) electrons. The molecule has 0 N–H and O–H groups in total. The van der Waals surface area contributed by atoms with Crippen LogP contribution in [-0.2, 0) is 0 Å². The van der Waals surface area contributed by atoms with Gasteiger partial charge in [-0.1, -0.05) is 217 Å². The van der Waals surface area contributed by atoms with Crippen molar-refractivity contribution in [2.24, 2.45) is 0 Å². The summed E-state index contributed by atoms with van der Waals surface area (Å²) in [5.74, 6) is 0. The second-order valence-corrected chi connectivity index (χ2v) is 18.1. The van der Waals surface area contributed by atoms with Crippen LogP contribution in [0, 0.1) is 41.5 Å². The second-order valence-electron chi connectivity index (χ2n) is 18.1. The standard InChI is InChI=1S/C60H52B2N4/c1-41-37-43(3)53(44(4)38-41)63-55(47-25-13-7-14-26-47)57(49-29-17-9-18-30-49)65-59(63)61(51-33-21-11-22-34-51)66-58(50-31-19-10-20-32-50)56(48-27-15-8-16-28-48)64(54-45(5)39-42(2)40-46(54)6)60(66)62(65)52-35-23-12-24-36-52/h7-40H,1-6H3/q+2. The van der Waals surface area contributed by atoms with Gasteiger partial charge in [-0.3, -0.25) is 8.96 Å². The van der Waals surface area contributed by atoms with Gasteiger partial charge < -0.3 is 0 Å². The maximum absolute atomic E-state index is 2.73. The Morgan fingerprint density at radius 2 is 0.576 bits per heavy atom. The van der Waals surface area contributed by atoms with E-state index in [4.69, 9.17) is 0 Å². The largest absolute Gasteiger partial charge is 0.540 e. The van der Waals surface area contributed by atoms with Crippen LogP contribution in [0.4, 0.5) is 0 Å². The fraction of sp³-hybridized carbons (Fsp3) is 0.100. The first-order valence-electron chi connectivity index (χ1n) is 23.2. The summed E-state index contributed by atoms with van der Waals surface area (Å²) in [5, 5.41) is 0. The van der Waals surface area contributed by atoms with Crippen LogP contribution >= 0.6 is 0 Å². The number of aromatic nitrogens is 4. The normalized spacial score (nSPS) is 12.0. The average Bonchev–Trinajstić information content (AvgIpc) is 3.86. The number of hydrogen-bond donors (Lipinski definition) is 0. The van der Waals surface area contributed by atoms with Gasteiger partial charge in [0.25, 0.3) is 11.4 Å². The molecular weight excluding hydrogens is 798 g/mol. The molecule has 316 valence electrons. The van der Waals surface area contributed by atoms with Crippen molar-refractivity contribution in [1.82, 2.24) is 9.13 Å². The number of imidazole rings is 2. The maximum Gasteiger partial charge on any atom is 0.540 e. The highest BCUT2D eigenvalue weighted by Gasteiger charge is 2.62. The van der Waals surface area contributed by atoms with E-state index in [1.165, 1.54) is 89.9 Å². The van der Waals surface area contributed by atoms with Crippen LogP contribution in [0.3, 0.4) is 0 Å². The van der Waals surface area contributed by atoms with Crippen LogP contribution in [0.5, 0.6) is 0 Å². The van der Waals surface area contributed by atoms with Crippen molar-refractivity contribution < 1.29 is 8.96 Å². The van der Waals surface area contributed by atoms with E-state index in [0.29, 0.717) is 0 Å². The number of nitrogens with zero attached hydrogens (tertiary/aromatic N) is 4. The molecule has 0 unspecified atom stereocenters. The molecular formula is C60H52B2N4+2. The van der Waals surface area contributed by atoms with Crippen LogP contribution in [0.15, 0.2) is 206 Å². The fourth-order valence-electron chi connectivity index (χ4n) is 11.2. The van der Waals surface area contributed by atoms with E-state index in [9.17, 15) is 0 Å². The zero-order valence-corrected chi connectivity index (χ0v) is 38.6. The highest BCUT2D eigenvalue weighted by molar-refractivity contribution is 6.84. The Morgan fingerprint density at radius 1 is 0.318 bits per heavy atom. The summed E-state index contributed by atoms with van der Waals surface area (Å²) in [7, 11) is 0. The molecule has 1 aliphatic rings. The SMILES string of the molecule is Cc1cc(C)c(-n2c(-c3ccccc3)c(-c3ccccc3)[n+]3c2B(c2ccccc2)[n+]2c(-c4ccccc4)c(-c4ccccc4)n(-c4c(C)cc(C)cc4C)c2B3c2ccccc2)c(C)c1. The zero-order chi connectivity index (χ0) is 45.1. The molecule has 1 aliphatic heterocycles. The molecule has 0 spiro atoms. The van der Waals surface area contributed by atoms with E-state index in [1.807, 2.05) is 0 Å². The molecule has 66 heavy (non-hydrogen) atoms. The Morgan fingerprint density at radius 3 is 0.864 bits per heavy atom. The van der Waals surface area contributed by atoms with E-state index in [1.54, 1.807) is 0 Å². The van der Waals surface area contributed by atoms with Gasteiger partial charge >= 0.3 is 13.7 Å². The molecule has 8 aromatic carbocycles. The van der Waals surface area contributed by atoms with E-state index in [2.05, 4.69) is 266 Å². The Bertz CT molecular complexity index is 3120. The lowest BCUT2D eigenvalue weighted by Crippen LogP contribution is -2.93. The Hall–Kier alpha value is -7.69. The number of rotatable bonds is 8. The lowest BCUT2D eigenvalue weighted by Gasteiger charge is -2.24. The third kappa shape index (κ3) is 6.70. The third-order valence-electron chi connectivity index (χ3n) is 13.5. The molecule has 3 heterocycles. The van der Waals surface area contributed by atoms with Crippen molar-refractivity contribution in [3.05, 3.63) is 240 Å². The van der Waals surface area contributed by atoms with Crippen molar-refractivity contribution in [2.45, 2.75) is 41.5 Å². The van der Waals surface area contributed by atoms with Crippen LogP contribution in [0.25, 0.3) is 56.4 Å². The summed E-state index contributed by atoms with van der Waals surface area (Å²) < 4.78 is 10.8. The average molecular weight is 851 g/mol. The van der Waals surface area contributed by atoms with Gasteiger partial charge in [-0.2, -0.15) is 9.13 Å². The summed E-state index contributed by atoms with van der Waals surface area (Å²) in [6.07, 6.45) is 0. The smallest absolute Gasteiger partial charge is 0.280 e. The van der Waals surface area contributed by atoms with Crippen molar-refractivity contribution in [3.63, 3.8) is 0 Å². The molecule has 0 fully saturated rings. The Balaban J connectivity index is 1.47. The van der Waals surface area contributed by atoms with Crippen LogP contribution in [0.1, 0.15) is 33.4 Å². The molecule has 2 aromatic heterocycles. The van der Waals surface area contributed by atoms with Gasteiger partial charge in [0, 0.05) is 22.3 Å². The summed E-state index contributed by atoms with van der Waals surface area (Å²) in [5.41, 5.74) is 24.0. The molecule has 0 aliphatic carbocycles. The number of benzene rings is 8. The van der Waals surface area contributed by atoms with Crippen molar-refractivity contribution >= 4 is 36.1 Å². The molecule has 0 amide bonds. The molecule has 11 rings (SSSR count). The number of hydrogen-bond acceptors (Lipinski definition) is 0. The van der Waals surface area contributed by atoms with E-state index < -0.39 is 0 Å². The van der Waals surface area contributed by atoms with E-state index in [0.717, 1.165) is 22.3 Å². The molecule has 0 bridgehead atoms. The van der Waals surface area contributed by atoms with Crippen molar-refractivity contribution in [1.29, 1.82) is 0 Å². The second kappa shape index (κ2) is 16.7. The summed E-state index contributed by atoms with van der Waals surface area (Å²) >= 11 is 0. The first-order chi connectivity index (χ1) is 32.3. The fourth-order valence-corrected chi connectivity index (χ4v) is 11.2. The number of fused-ring (bicyclic) bond motifs is 2. The number of aryl methyl sites for hydroxylation is 6. The summed E-state index contributed by atoms with van der Waals surface area (Å²) in [4.78, 5) is 0. The van der Waals surface area contributed by atoms with E-state index >= 15 is 0 Å². The van der Waals surface area contributed by atoms with Gasteiger partial charge in [0.1, 0.15) is 11.4 Å². The van der Waals surface area contributed by atoms with Crippen molar-refractivity contribution in [3.8, 4) is 56.4 Å². The highest BCUT2D eigenvalue weighted by atomic mass is 15.2. The zero-order valence-electron chi connectivity index (χ0n) is 38.6. The third-order valence-corrected chi connectivity index (χ3v) is 13.5. The lowest BCUT2D eigenvalue weighted by atomic mass is 9.44. The predicted octanol–water partition coefficient (Wildman–Crippen LogP) is 9.98. The quantitative estimate of drug-likeness (QED) is 0.136. The summed E-state index contributed by atoms with van der Waals surface area (Å²) in [6.45, 7) is 13.0. The highest BCUT2D eigenvalue weighted by Crippen LogP contribution is 2.38. The van der Waals surface area contributed by atoms with Crippen LogP contribution in [0.2, 0.25) is 0 Å². The van der Waals surface area contributed by atoms with Gasteiger partial charge in [0.05, 0.1) is 0 Å². The van der Waals surface area contributed by atoms with Gasteiger partial charge in [0.2, 0.25) is 0 Å². The minimum absolute atomic E-state index is 0.300. The molecule has 0 saturated heterocycles. The van der Waals surface area contributed by atoms with Gasteiger partial charge in [-0.15, -0.1) is 0 Å². The Labute approximate surface area is 390 Å². The minimum atomic E-state index is -0.300. The molecule has 0 saturated carbocycles. The minimum Gasteiger partial charge on any atom is -0.280 e. The van der Waals surface area contributed by atoms with Crippen molar-refractivity contribution in [2.75, 3.05) is 0 Å². The van der Waals surface area contributed by atoms with Gasteiger partial charge in [0.15, 0.2) is 22.8 Å². The van der Waals surface area contributed by atoms with Crippen LogP contribution in [-0.4, -0.2) is 22.8 Å². The topological polar surface area (TPSA) is 17.6 Å². The van der Waals surface area contributed by atoms with E-state index in [-0.39, 0.29) is 13.7 Å². The van der Waals surface area contributed by atoms with Crippen LogP contribution < -0.4 is 31.3 Å². The molecule has 10 aromatic rings. The molecule has 0 atom stereocenters. The molecule has 4 nitrogen and oxygen atoms in total. The Kier molecular flexibility index (Phi) is 10.4. The van der Waals surface area contributed by atoms with Gasteiger partial charge in [-0.25, -0.2) is 0 Å². The maximum atomic E-state index is 2.73. The summed E-state index contributed by atoms with van der Waals surface area (Å²) in [6, 6.07) is 76.3.